The molecule has 0 radical (unpaired) electrons. The van der Waals surface area contributed by atoms with Gasteiger partial charge in [-0.15, -0.1) is 0 Å². The van der Waals surface area contributed by atoms with Crippen molar-refractivity contribution in [2.24, 2.45) is 0 Å². The molecule has 4 rings (SSSR count). The van der Waals surface area contributed by atoms with Crippen LogP contribution in [0.25, 0.3) is 11.0 Å². The first-order valence-electron chi connectivity index (χ1n) is 10.3. The van der Waals surface area contributed by atoms with Gasteiger partial charge in [-0.05, 0) is 57.1 Å². The average molecular weight is 407 g/mol. The number of aromatic nitrogens is 2. The second kappa shape index (κ2) is 8.62. The lowest BCUT2D eigenvalue weighted by molar-refractivity contribution is -0.384. The summed E-state index contributed by atoms with van der Waals surface area (Å²) in [5, 5.41) is 13.8. The summed E-state index contributed by atoms with van der Waals surface area (Å²) in [6.45, 7) is 5.99. The molecule has 1 amide bonds. The van der Waals surface area contributed by atoms with Gasteiger partial charge >= 0.3 is 0 Å². The van der Waals surface area contributed by atoms with Gasteiger partial charge in [-0.25, -0.2) is 4.98 Å². The van der Waals surface area contributed by atoms with Crippen molar-refractivity contribution in [2.45, 2.75) is 39.3 Å². The Labute approximate surface area is 174 Å². The smallest absolute Gasteiger partial charge is 0.270 e. The lowest BCUT2D eigenvalue weighted by Gasteiger charge is -2.26. The van der Waals surface area contributed by atoms with Crippen molar-refractivity contribution in [3.63, 3.8) is 0 Å². The molecule has 0 saturated carbocycles. The zero-order valence-electron chi connectivity index (χ0n) is 17.0. The second-order valence-electron chi connectivity index (χ2n) is 7.57. The fraction of sp³-hybridized carbons (Fsp3) is 0.364. The van der Waals surface area contributed by atoms with E-state index >= 15 is 0 Å². The number of imidazole rings is 1. The molecule has 8 nitrogen and oxygen atoms in total. The largest absolute Gasteiger partial charge is 0.327 e. The van der Waals surface area contributed by atoms with Crippen LogP contribution in [0.15, 0.2) is 42.5 Å². The standard InChI is InChI=1S/C22H25N5O3/c1-2-26-20-10-9-17(23-22(28)16-7-6-8-18(13-16)27(29)30)14-19(20)24-21(26)15-25-11-4-3-5-12-25/h6-10,13-14H,2-5,11-12,15H2,1H3,(H,23,28). The van der Waals surface area contributed by atoms with E-state index in [1.54, 1.807) is 6.07 Å². The first-order valence-corrected chi connectivity index (χ1v) is 10.3. The van der Waals surface area contributed by atoms with Crippen molar-refractivity contribution in [1.29, 1.82) is 0 Å². The highest BCUT2D eigenvalue weighted by molar-refractivity contribution is 6.05. The van der Waals surface area contributed by atoms with Crippen molar-refractivity contribution in [1.82, 2.24) is 14.5 Å². The number of nitrogens with zero attached hydrogens (tertiary/aromatic N) is 4. The lowest BCUT2D eigenvalue weighted by Crippen LogP contribution is -2.30. The van der Waals surface area contributed by atoms with Crippen LogP contribution in [0, 0.1) is 10.1 Å². The Hall–Kier alpha value is -3.26. The average Bonchev–Trinajstić information content (AvgIpc) is 3.10. The number of hydrogen-bond donors (Lipinski definition) is 1. The highest BCUT2D eigenvalue weighted by Crippen LogP contribution is 2.23. The quantitative estimate of drug-likeness (QED) is 0.488. The van der Waals surface area contributed by atoms with E-state index in [1.807, 2.05) is 18.2 Å². The summed E-state index contributed by atoms with van der Waals surface area (Å²) in [7, 11) is 0. The molecule has 1 aliphatic heterocycles. The van der Waals surface area contributed by atoms with E-state index < -0.39 is 4.92 Å². The van der Waals surface area contributed by atoms with Gasteiger partial charge in [0.2, 0.25) is 0 Å². The molecule has 0 aliphatic carbocycles. The third-order valence-electron chi connectivity index (χ3n) is 5.53. The minimum absolute atomic E-state index is 0.109. The van der Waals surface area contributed by atoms with E-state index in [0.717, 1.165) is 43.0 Å². The van der Waals surface area contributed by atoms with Gasteiger partial charge in [-0.2, -0.15) is 0 Å². The van der Waals surface area contributed by atoms with E-state index in [0.29, 0.717) is 5.69 Å². The molecule has 0 spiro atoms. The molecule has 8 heteroatoms. The third-order valence-corrected chi connectivity index (χ3v) is 5.53. The highest BCUT2D eigenvalue weighted by atomic mass is 16.6. The van der Waals surface area contributed by atoms with E-state index in [9.17, 15) is 14.9 Å². The Bertz CT molecular complexity index is 1090. The first-order chi connectivity index (χ1) is 14.5. The first kappa shape index (κ1) is 20.0. The van der Waals surface area contributed by atoms with E-state index in [1.165, 1.54) is 37.5 Å². The number of piperidine rings is 1. The second-order valence-corrected chi connectivity index (χ2v) is 7.57. The number of nitro groups is 1. The Morgan fingerprint density at radius 2 is 1.97 bits per heavy atom. The summed E-state index contributed by atoms with van der Waals surface area (Å²) >= 11 is 0. The monoisotopic (exact) mass is 407 g/mol. The minimum atomic E-state index is -0.510. The molecule has 1 N–H and O–H groups in total. The number of carbonyl (C=O) groups is 1. The van der Waals surface area contributed by atoms with Gasteiger partial charge in [0.05, 0.1) is 22.5 Å². The SMILES string of the molecule is CCn1c(CN2CCCCC2)nc2cc(NC(=O)c3cccc([N+](=O)[O-])c3)ccc21. The molecule has 1 saturated heterocycles. The molecule has 0 bridgehead atoms. The van der Waals surface area contributed by atoms with Gasteiger partial charge in [0.15, 0.2) is 0 Å². The van der Waals surface area contributed by atoms with Gasteiger partial charge in [-0.1, -0.05) is 12.5 Å². The summed E-state index contributed by atoms with van der Waals surface area (Å²) < 4.78 is 2.22. The van der Waals surface area contributed by atoms with Crippen LogP contribution < -0.4 is 5.32 Å². The number of anilines is 1. The zero-order valence-corrected chi connectivity index (χ0v) is 17.0. The number of benzene rings is 2. The van der Waals surface area contributed by atoms with Crippen LogP contribution in [0.1, 0.15) is 42.4 Å². The number of rotatable bonds is 6. The normalized spacial score (nSPS) is 14.7. The highest BCUT2D eigenvalue weighted by Gasteiger charge is 2.17. The fourth-order valence-corrected chi connectivity index (χ4v) is 4.01. The minimum Gasteiger partial charge on any atom is -0.327 e. The number of likely N-dealkylation sites (tertiary alicyclic amines) is 1. The number of fused-ring (bicyclic) bond motifs is 1. The van der Waals surface area contributed by atoms with Gasteiger partial charge in [0.1, 0.15) is 5.82 Å². The predicted molar refractivity (Wildman–Crippen MR) is 116 cm³/mol. The van der Waals surface area contributed by atoms with Gasteiger partial charge in [-0.3, -0.25) is 19.8 Å². The van der Waals surface area contributed by atoms with Crippen LogP contribution in [-0.2, 0) is 13.1 Å². The van der Waals surface area contributed by atoms with E-state index in [-0.39, 0.29) is 17.2 Å². The van der Waals surface area contributed by atoms with Crippen LogP contribution >= 0.6 is 0 Å². The van der Waals surface area contributed by atoms with Crippen LogP contribution in [0.2, 0.25) is 0 Å². The molecule has 2 heterocycles. The summed E-state index contributed by atoms with van der Waals surface area (Å²) in [5.74, 6) is 0.651. The van der Waals surface area contributed by atoms with Crippen molar-refractivity contribution in [2.75, 3.05) is 18.4 Å². The summed E-state index contributed by atoms with van der Waals surface area (Å²) in [6.07, 6.45) is 3.77. The Morgan fingerprint density at radius 3 is 2.70 bits per heavy atom. The molecule has 1 fully saturated rings. The Kier molecular flexibility index (Phi) is 5.76. The molecule has 30 heavy (non-hydrogen) atoms. The number of hydrogen-bond acceptors (Lipinski definition) is 5. The Balaban J connectivity index is 1.56. The van der Waals surface area contributed by atoms with Gasteiger partial charge < -0.3 is 9.88 Å². The summed E-state index contributed by atoms with van der Waals surface area (Å²) in [6, 6.07) is 11.4. The molecular weight excluding hydrogens is 382 g/mol. The zero-order chi connectivity index (χ0) is 21.1. The number of nitrogens with one attached hydrogen (secondary N) is 1. The molecular formula is C22H25N5O3. The summed E-state index contributed by atoms with van der Waals surface area (Å²) in [4.78, 5) is 30.3. The number of aryl methyl sites for hydroxylation is 1. The van der Waals surface area contributed by atoms with E-state index in [4.69, 9.17) is 4.98 Å². The van der Waals surface area contributed by atoms with Crippen molar-refractivity contribution in [3.8, 4) is 0 Å². The summed E-state index contributed by atoms with van der Waals surface area (Å²) in [5.41, 5.74) is 2.62. The van der Waals surface area contributed by atoms with Crippen molar-refractivity contribution in [3.05, 3.63) is 64.0 Å². The molecule has 3 aromatic rings. The molecule has 2 aromatic carbocycles. The molecule has 1 aromatic heterocycles. The van der Waals surface area contributed by atoms with Gasteiger partial charge in [0.25, 0.3) is 11.6 Å². The van der Waals surface area contributed by atoms with Gasteiger partial charge in [0, 0.05) is 29.9 Å². The number of nitro benzene ring substituents is 1. The van der Waals surface area contributed by atoms with E-state index in [2.05, 4.69) is 21.7 Å². The maximum Gasteiger partial charge on any atom is 0.270 e. The molecule has 156 valence electrons. The molecule has 0 atom stereocenters. The fourth-order valence-electron chi connectivity index (χ4n) is 4.01. The number of non-ortho nitro benzene ring substituents is 1. The number of carbonyl (C=O) groups excluding carboxylic acids is 1. The maximum atomic E-state index is 12.5. The molecule has 0 unspecified atom stereocenters. The molecule has 1 aliphatic rings. The Morgan fingerprint density at radius 1 is 1.17 bits per heavy atom. The topological polar surface area (TPSA) is 93.3 Å². The third kappa shape index (κ3) is 4.18. The maximum absolute atomic E-state index is 12.5. The number of amides is 1. The van der Waals surface area contributed by atoms with Crippen LogP contribution in [0.4, 0.5) is 11.4 Å². The van der Waals surface area contributed by atoms with Crippen LogP contribution in [-0.4, -0.2) is 38.4 Å². The van der Waals surface area contributed by atoms with Crippen molar-refractivity contribution >= 4 is 28.3 Å². The predicted octanol–water partition coefficient (Wildman–Crippen LogP) is 4.20. The lowest BCUT2D eigenvalue weighted by atomic mass is 10.1. The van der Waals surface area contributed by atoms with Crippen LogP contribution in [0.3, 0.4) is 0 Å². The van der Waals surface area contributed by atoms with Crippen LogP contribution in [0.5, 0.6) is 0 Å². The van der Waals surface area contributed by atoms with Crippen molar-refractivity contribution < 1.29 is 9.72 Å².